The summed E-state index contributed by atoms with van der Waals surface area (Å²) >= 11 is 0. The number of halogens is 2. The SMILES string of the molecule is Fc1ccccc1-c1c2c(c(-c3ccccc3F)c3cc4ccccc4cc13)-c1ccc3c4ccc5c6c(ccc(c7ccc-2c1c73)c46)c1c(-c2ccccc2)c2cccc3c4ccccc4c(c23)c51. The van der Waals surface area contributed by atoms with E-state index in [0.717, 1.165) is 60.3 Å². The van der Waals surface area contributed by atoms with Crippen LogP contribution in [0.3, 0.4) is 0 Å². The first-order chi connectivity index (χ1) is 34.6. The average molecular weight is 889 g/mol. The van der Waals surface area contributed by atoms with Gasteiger partial charge >= 0.3 is 0 Å². The highest BCUT2D eigenvalue weighted by molar-refractivity contribution is 6.51. The van der Waals surface area contributed by atoms with Gasteiger partial charge in [0.25, 0.3) is 0 Å². The predicted octanol–water partition coefficient (Wildman–Crippen LogP) is 19.6. The Hall–Kier alpha value is -8.98. The van der Waals surface area contributed by atoms with Crippen LogP contribution < -0.4 is 0 Å². The standard InChI is InChI=1S/C68H34F2/c69-54-23-10-8-19-45(54)60-52-33-36-15-4-5-16-37(36)34-53(52)61(46-20-9-11-24-55(46)70)67-50-31-27-43-44-28-32-51-62-48(29-25-41(57(44)62)42-26-30-49(66(60)67)63(50)58(42)43)65-56(35-13-2-1-3-14-35)47-22-12-21-39-38-17-6-7-18-40(38)64(59(39)47)68(51)65/h1-34H. The quantitative estimate of drug-likeness (QED) is 0.122. The van der Waals surface area contributed by atoms with Crippen molar-refractivity contribution in [1.29, 1.82) is 0 Å². The molecule has 2 heteroatoms. The van der Waals surface area contributed by atoms with Crippen molar-refractivity contribution in [2.75, 3.05) is 0 Å². The molecule has 320 valence electrons. The Labute approximate surface area is 398 Å². The smallest absolute Gasteiger partial charge is 0.131 e. The van der Waals surface area contributed by atoms with E-state index in [0.29, 0.717) is 11.1 Å². The number of hydrogen-bond acceptors (Lipinski definition) is 0. The fraction of sp³-hybridized carbons (Fsp3) is 0. The Bertz CT molecular complexity index is 4840. The fourth-order valence-electron chi connectivity index (χ4n) is 13.7. The molecule has 0 fully saturated rings. The Morgan fingerprint density at radius 3 is 1.21 bits per heavy atom. The lowest BCUT2D eigenvalue weighted by atomic mass is 9.81. The molecular formula is C68H34F2. The van der Waals surface area contributed by atoms with Gasteiger partial charge < -0.3 is 0 Å². The van der Waals surface area contributed by atoms with Gasteiger partial charge in [-0.2, -0.15) is 0 Å². The highest BCUT2D eigenvalue weighted by Crippen LogP contribution is 2.61. The Kier molecular flexibility index (Phi) is 6.86. The molecule has 0 heterocycles. The molecule has 0 bridgehead atoms. The second-order valence-corrected chi connectivity index (χ2v) is 19.5. The molecule has 16 aromatic carbocycles. The predicted molar refractivity (Wildman–Crippen MR) is 293 cm³/mol. The molecule has 0 atom stereocenters. The summed E-state index contributed by atoms with van der Waals surface area (Å²) in [6, 6.07) is 72.3. The number of fused-ring (bicyclic) bond motifs is 14. The van der Waals surface area contributed by atoms with Crippen molar-refractivity contribution in [2.24, 2.45) is 0 Å². The summed E-state index contributed by atoms with van der Waals surface area (Å²) in [6.07, 6.45) is 0. The van der Waals surface area contributed by atoms with Crippen LogP contribution in [0, 0.1) is 11.6 Å². The van der Waals surface area contributed by atoms with Gasteiger partial charge in [-0.3, -0.25) is 0 Å². The first kappa shape index (κ1) is 37.1. The second-order valence-electron chi connectivity index (χ2n) is 19.5. The minimum Gasteiger partial charge on any atom is -0.206 e. The van der Waals surface area contributed by atoms with E-state index in [4.69, 9.17) is 0 Å². The second kappa shape index (κ2) is 13.0. The molecule has 1 aliphatic rings. The number of rotatable bonds is 3. The van der Waals surface area contributed by atoms with Crippen molar-refractivity contribution in [2.45, 2.75) is 0 Å². The zero-order valence-corrected chi connectivity index (χ0v) is 37.4. The molecule has 17 rings (SSSR count). The van der Waals surface area contributed by atoms with Crippen LogP contribution in [-0.4, -0.2) is 0 Å². The molecule has 0 N–H and O–H groups in total. The Balaban J connectivity index is 1.05. The van der Waals surface area contributed by atoms with Crippen LogP contribution in [0.1, 0.15) is 0 Å². The minimum absolute atomic E-state index is 0.288. The van der Waals surface area contributed by atoms with Crippen LogP contribution in [0.5, 0.6) is 0 Å². The Morgan fingerprint density at radius 1 is 0.200 bits per heavy atom. The lowest BCUT2D eigenvalue weighted by molar-refractivity contribution is 0.631. The van der Waals surface area contributed by atoms with Gasteiger partial charge in [0.05, 0.1) is 0 Å². The van der Waals surface area contributed by atoms with Crippen LogP contribution in [0.2, 0.25) is 0 Å². The third-order valence-electron chi connectivity index (χ3n) is 16.3. The van der Waals surface area contributed by atoms with Crippen LogP contribution in [0.15, 0.2) is 206 Å². The zero-order valence-electron chi connectivity index (χ0n) is 37.4. The van der Waals surface area contributed by atoms with Gasteiger partial charge in [0.2, 0.25) is 0 Å². The maximum absolute atomic E-state index is 16.6. The molecular weight excluding hydrogens is 855 g/mol. The van der Waals surface area contributed by atoms with E-state index >= 15 is 8.78 Å². The summed E-state index contributed by atoms with van der Waals surface area (Å²) in [4.78, 5) is 0. The Morgan fingerprint density at radius 2 is 0.600 bits per heavy atom. The maximum Gasteiger partial charge on any atom is 0.131 e. The van der Waals surface area contributed by atoms with Crippen LogP contribution >= 0.6 is 0 Å². The van der Waals surface area contributed by atoms with Gasteiger partial charge in [0.1, 0.15) is 11.6 Å². The lowest BCUT2D eigenvalue weighted by Crippen LogP contribution is -1.96. The fourth-order valence-corrected chi connectivity index (χ4v) is 13.7. The molecule has 0 saturated carbocycles. The van der Waals surface area contributed by atoms with E-state index in [9.17, 15) is 0 Å². The van der Waals surface area contributed by atoms with Crippen molar-refractivity contribution in [3.8, 4) is 55.6 Å². The van der Waals surface area contributed by atoms with Crippen LogP contribution in [0.4, 0.5) is 8.78 Å². The normalized spacial score (nSPS) is 12.7. The zero-order chi connectivity index (χ0) is 45.7. The molecule has 0 unspecified atom stereocenters. The summed E-state index contributed by atoms with van der Waals surface area (Å²) in [5, 5.41) is 26.5. The molecule has 70 heavy (non-hydrogen) atoms. The van der Waals surface area contributed by atoms with Crippen LogP contribution in [0.25, 0.3) is 174 Å². The van der Waals surface area contributed by atoms with Gasteiger partial charge in [-0.15, -0.1) is 0 Å². The summed E-state index contributed by atoms with van der Waals surface area (Å²) < 4.78 is 33.2. The molecule has 0 amide bonds. The molecule has 0 radical (unpaired) electrons. The van der Waals surface area contributed by atoms with E-state index in [2.05, 4.69) is 146 Å². The third kappa shape index (κ3) is 4.38. The first-order valence-corrected chi connectivity index (χ1v) is 24.1. The third-order valence-corrected chi connectivity index (χ3v) is 16.3. The summed E-state index contributed by atoms with van der Waals surface area (Å²) in [6.45, 7) is 0. The minimum atomic E-state index is -0.288. The molecule has 1 aliphatic carbocycles. The topological polar surface area (TPSA) is 0 Å². The first-order valence-electron chi connectivity index (χ1n) is 24.1. The van der Waals surface area contributed by atoms with Gasteiger partial charge in [-0.05, 0) is 176 Å². The maximum atomic E-state index is 16.6. The van der Waals surface area contributed by atoms with E-state index in [1.165, 1.54) is 103 Å². The van der Waals surface area contributed by atoms with Crippen molar-refractivity contribution in [3.05, 3.63) is 218 Å². The molecule has 0 spiro atoms. The van der Waals surface area contributed by atoms with Crippen molar-refractivity contribution < 1.29 is 8.78 Å². The van der Waals surface area contributed by atoms with Gasteiger partial charge in [-0.1, -0.05) is 182 Å². The van der Waals surface area contributed by atoms with Crippen molar-refractivity contribution >= 4 is 118 Å². The molecule has 0 aliphatic heterocycles. The molecule has 0 aromatic heterocycles. The van der Waals surface area contributed by atoms with Gasteiger partial charge in [0, 0.05) is 22.3 Å². The monoisotopic (exact) mass is 888 g/mol. The lowest BCUT2D eigenvalue weighted by Gasteiger charge is -2.21. The summed E-state index contributed by atoms with van der Waals surface area (Å²) in [5.41, 5.74) is 9.19. The number of benzene rings is 14. The van der Waals surface area contributed by atoms with Crippen molar-refractivity contribution in [1.82, 2.24) is 0 Å². The average Bonchev–Trinajstić information content (AvgIpc) is 4.04. The van der Waals surface area contributed by atoms with Gasteiger partial charge in [-0.25, -0.2) is 8.78 Å². The summed E-state index contributed by atoms with van der Waals surface area (Å²) in [7, 11) is 0. The number of hydrogen-bond donors (Lipinski definition) is 0. The van der Waals surface area contributed by atoms with E-state index in [-0.39, 0.29) is 11.6 Å². The highest BCUT2D eigenvalue weighted by Gasteiger charge is 2.34. The van der Waals surface area contributed by atoms with E-state index in [1.807, 2.05) is 36.4 Å². The van der Waals surface area contributed by atoms with E-state index in [1.54, 1.807) is 24.3 Å². The molecule has 0 saturated heterocycles. The molecule has 16 aromatic rings. The van der Waals surface area contributed by atoms with Crippen LogP contribution in [-0.2, 0) is 0 Å². The highest BCUT2D eigenvalue weighted by atomic mass is 19.1. The molecule has 0 nitrogen and oxygen atoms in total. The largest absolute Gasteiger partial charge is 0.206 e. The van der Waals surface area contributed by atoms with Crippen molar-refractivity contribution in [3.63, 3.8) is 0 Å². The summed E-state index contributed by atoms with van der Waals surface area (Å²) in [5.74, 6) is -0.576. The van der Waals surface area contributed by atoms with Gasteiger partial charge in [0.15, 0.2) is 0 Å². The van der Waals surface area contributed by atoms with E-state index < -0.39 is 0 Å².